The summed E-state index contributed by atoms with van der Waals surface area (Å²) in [4.78, 5) is 21.0. The summed E-state index contributed by atoms with van der Waals surface area (Å²) in [6.45, 7) is 6.23. The minimum absolute atomic E-state index is 0.0643. The van der Waals surface area contributed by atoms with Crippen LogP contribution in [0.5, 0.6) is 0 Å². The van der Waals surface area contributed by atoms with Crippen molar-refractivity contribution in [3.05, 3.63) is 17.0 Å². The second-order valence-electron chi connectivity index (χ2n) is 6.79. The van der Waals surface area contributed by atoms with E-state index in [1.165, 1.54) is 24.6 Å². The van der Waals surface area contributed by atoms with Crippen molar-refractivity contribution in [1.82, 2.24) is 24.9 Å². The first-order valence-corrected chi connectivity index (χ1v) is 10.4. The highest BCUT2D eigenvalue weighted by molar-refractivity contribution is 7.98. The summed E-state index contributed by atoms with van der Waals surface area (Å²) in [6, 6.07) is 0. The molecule has 2 aromatic rings. The Bertz CT molecular complexity index is 773. The molecule has 0 aliphatic heterocycles. The van der Waals surface area contributed by atoms with E-state index in [2.05, 4.69) is 20.4 Å². The number of ether oxygens (including phenoxy) is 1. The fourth-order valence-electron chi connectivity index (χ4n) is 2.90. The van der Waals surface area contributed by atoms with Crippen LogP contribution in [-0.2, 0) is 16.0 Å². The molecule has 0 aromatic carbocycles. The summed E-state index contributed by atoms with van der Waals surface area (Å²) in [5, 5.41) is 8.12. The minimum Gasteiger partial charge on any atom is -0.381 e. The van der Waals surface area contributed by atoms with E-state index in [-0.39, 0.29) is 5.91 Å². The van der Waals surface area contributed by atoms with E-state index in [4.69, 9.17) is 4.74 Å². The van der Waals surface area contributed by atoms with Gasteiger partial charge in [0.05, 0.1) is 0 Å². The van der Waals surface area contributed by atoms with Gasteiger partial charge in [0, 0.05) is 37.6 Å². The number of nitrogens with one attached hydrogen (secondary N) is 1. The van der Waals surface area contributed by atoms with Gasteiger partial charge in [0.2, 0.25) is 11.1 Å². The van der Waals surface area contributed by atoms with Gasteiger partial charge in [-0.3, -0.25) is 4.79 Å². The lowest BCUT2D eigenvalue weighted by molar-refractivity contribution is -0.121. The van der Waals surface area contributed by atoms with Gasteiger partial charge in [0.1, 0.15) is 0 Å². The Morgan fingerprint density at radius 2 is 2.15 bits per heavy atom. The number of hydrogen-bond acceptors (Lipinski definition) is 6. The van der Waals surface area contributed by atoms with Gasteiger partial charge >= 0.3 is 0 Å². The van der Waals surface area contributed by atoms with Crippen LogP contribution in [0.1, 0.15) is 42.6 Å². The molecule has 3 rings (SSSR count). The van der Waals surface area contributed by atoms with Crippen molar-refractivity contribution in [2.75, 3.05) is 26.0 Å². The van der Waals surface area contributed by atoms with Crippen LogP contribution in [0.2, 0.25) is 0 Å². The number of fused-ring (bicyclic) bond motifs is 1. The zero-order valence-electron chi connectivity index (χ0n) is 15.7. The number of rotatable bonds is 10. The number of amides is 1. The van der Waals surface area contributed by atoms with Crippen molar-refractivity contribution in [3.8, 4) is 0 Å². The smallest absolute Gasteiger partial charge is 0.253 e. The first kappa shape index (κ1) is 19.1. The molecule has 0 radical (unpaired) electrons. The monoisotopic (exact) mass is 377 g/mol. The lowest BCUT2D eigenvalue weighted by atomic mass is 10.1. The zero-order valence-corrected chi connectivity index (χ0v) is 16.6. The molecule has 2 heterocycles. The maximum Gasteiger partial charge on any atom is 0.253 e. The van der Waals surface area contributed by atoms with E-state index in [9.17, 15) is 4.79 Å². The van der Waals surface area contributed by atoms with Crippen LogP contribution in [0.25, 0.3) is 5.78 Å². The quantitative estimate of drug-likeness (QED) is 0.505. The van der Waals surface area contributed by atoms with Crippen molar-refractivity contribution in [2.24, 2.45) is 5.92 Å². The molecule has 142 valence electrons. The van der Waals surface area contributed by atoms with Gasteiger partial charge in [-0.1, -0.05) is 11.8 Å². The molecule has 7 nitrogen and oxygen atoms in total. The molecule has 0 spiro atoms. The Morgan fingerprint density at radius 3 is 2.88 bits per heavy atom. The Morgan fingerprint density at radius 1 is 1.35 bits per heavy atom. The molecule has 1 amide bonds. The third kappa shape index (κ3) is 4.94. The maximum absolute atomic E-state index is 12.1. The second-order valence-corrected chi connectivity index (χ2v) is 7.57. The summed E-state index contributed by atoms with van der Waals surface area (Å²) in [6.07, 6.45) is 6.52. The van der Waals surface area contributed by atoms with Gasteiger partial charge in [-0.05, 0) is 57.3 Å². The highest BCUT2D eigenvalue weighted by Crippen LogP contribution is 2.28. The van der Waals surface area contributed by atoms with E-state index in [0.717, 1.165) is 42.5 Å². The molecule has 0 atom stereocenters. The van der Waals surface area contributed by atoms with Crippen molar-refractivity contribution in [2.45, 2.75) is 51.1 Å². The van der Waals surface area contributed by atoms with Crippen molar-refractivity contribution in [3.63, 3.8) is 0 Å². The Labute approximate surface area is 158 Å². The molecule has 1 saturated carbocycles. The average Bonchev–Trinajstić information content (AvgIpc) is 3.35. The molecule has 0 bridgehead atoms. The topological polar surface area (TPSA) is 81.4 Å². The first-order chi connectivity index (χ1) is 12.6. The van der Waals surface area contributed by atoms with Crippen LogP contribution >= 0.6 is 11.8 Å². The van der Waals surface area contributed by atoms with Crippen LogP contribution in [0.4, 0.5) is 0 Å². The predicted octanol–water partition coefficient (Wildman–Crippen LogP) is 2.33. The van der Waals surface area contributed by atoms with E-state index in [1.54, 1.807) is 4.52 Å². The van der Waals surface area contributed by atoms with E-state index >= 15 is 0 Å². The van der Waals surface area contributed by atoms with Crippen molar-refractivity contribution < 1.29 is 9.53 Å². The average molecular weight is 378 g/mol. The van der Waals surface area contributed by atoms with E-state index in [0.29, 0.717) is 30.3 Å². The highest BCUT2D eigenvalue weighted by atomic mass is 32.2. The number of aromatic nitrogens is 4. The number of nitrogens with zero attached hydrogens (tertiary/aromatic N) is 4. The second kappa shape index (κ2) is 8.81. The third-order valence-corrected chi connectivity index (χ3v) is 5.19. The van der Waals surface area contributed by atoms with Gasteiger partial charge < -0.3 is 10.1 Å². The zero-order chi connectivity index (χ0) is 18.5. The van der Waals surface area contributed by atoms with Crippen molar-refractivity contribution in [1.29, 1.82) is 0 Å². The largest absolute Gasteiger partial charge is 0.381 e. The molecule has 1 aliphatic carbocycles. The van der Waals surface area contributed by atoms with Gasteiger partial charge in [0.15, 0.2) is 0 Å². The number of aryl methyl sites for hydroxylation is 2. The maximum atomic E-state index is 12.1. The van der Waals surface area contributed by atoms with Crippen LogP contribution in [0.3, 0.4) is 0 Å². The van der Waals surface area contributed by atoms with Crippen LogP contribution in [0.15, 0.2) is 5.16 Å². The highest BCUT2D eigenvalue weighted by Gasteiger charge is 2.20. The molecular formula is C18H27N5O2S. The standard InChI is InChI=1S/C18H27N5O2S/c1-12-15(13(2)23-17(20-12)21-18(22-23)26-3)7-8-16(24)19-9-4-10-25-11-14-5-6-14/h14H,4-11H2,1-3H3,(H,19,24). The van der Waals surface area contributed by atoms with Crippen LogP contribution in [0, 0.1) is 19.8 Å². The van der Waals surface area contributed by atoms with Gasteiger partial charge in [-0.2, -0.15) is 4.98 Å². The Hall–Kier alpha value is -1.67. The molecule has 0 unspecified atom stereocenters. The van der Waals surface area contributed by atoms with Crippen molar-refractivity contribution >= 4 is 23.4 Å². The SMILES string of the molecule is CSc1nc2nc(C)c(CCC(=O)NCCCOCC3CC3)c(C)n2n1. The van der Waals surface area contributed by atoms with Gasteiger partial charge in [-0.15, -0.1) is 5.10 Å². The molecule has 1 aliphatic rings. The Balaban J connectivity index is 1.46. The molecular weight excluding hydrogens is 350 g/mol. The number of thioether (sulfide) groups is 1. The first-order valence-electron chi connectivity index (χ1n) is 9.19. The number of hydrogen-bond donors (Lipinski definition) is 1. The van der Waals surface area contributed by atoms with E-state index in [1.807, 2.05) is 20.1 Å². The molecule has 1 fully saturated rings. The summed E-state index contributed by atoms with van der Waals surface area (Å²) in [5.74, 6) is 1.47. The minimum atomic E-state index is 0.0643. The molecule has 0 saturated heterocycles. The lowest BCUT2D eigenvalue weighted by Gasteiger charge is -2.10. The third-order valence-electron chi connectivity index (χ3n) is 4.65. The number of carbonyl (C=O) groups excluding carboxylic acids is 1. The van der Waals surface area contributed by atoms with Crippen LogP contribution < -0.4 is 5.32 Å². The summed E-state index contributed by atoms with van der Waals surface area (Å²) < 4.78 is 7.34. The summed E-state index contributed by atoms with van der Waals surface area (Å²) >= 11 is 1.50. The van der Waals surface area contributed by atoms with Gasteiger partial charge in [0.25, 0.3) is 5.78 Å². The fraction of sp³-hybridized carbons (Fsp3) is 0.667. The van der Waals surface area contributed by atoms with Gasteiger partial charge in [-0.25, -0.2) is 9.50 Å². The summed E-state index contributed by atoms with van der Waals surface area (Å²) in [5.41, 5.74) is 2.98. The number of carbonyl (C=O) groups is 1. The summed E-state index contributed by atoms with van der Waals surface area (Å²) in [7, 11) is 0. The Kier molecular flexibility index (Phi) is 6.48. The molecule has 1 N–H and O–H groups in total. The molecule has 2 aromatic heterocycles. The normalized spacial score (nSPS) is 14.1. The van der Waals surface area contributed by atoms with E-state index < -0.39 is 0 Å². The molecule has 8 heteroatoms. The lowest BCUT2D eigenvalue weighted by Crippen LogP contribution is -2.25. The molecule has 26 heavy (non-hydrogen) atoms. The fourth-order valence-corrected chi connectivity index (χ4v) is 3.24. The van der Waals surface area contributed by atoms with Crippen LogP contribution in [-0.4, -0.2) is 51.5 Å². The predicted molar refractivity (Wildman–Crippen MR) is 102 cm³/mol.